The molecule has 2 aromatic carbocycles. The second kappa shape index (κ2) is 32.9. The predicted octanol–water partition coefficient (Wildman–Crippen LogP) is 11.0. The molecule has 49 heavy (non-hydrogen) atoms. The summed E-state index contributed by atoms with van der Waals surface area (Å²) in [5.74, 6) is 0. The number of aryl methyl sites for hydroxylation is 2. The van der Waals surface area contributed by atoms with Gasteiger partial charge in [0.25, 0.3) is 0 Å². The van der Waals surface area contributed by atoms with Gasteiger partial charge in [0.1, 0.15) is 12.2 Å². The van der Waals surface area contributed by atoms with Gasteiger partial charge >= 0.3 is 19.5 Å². The summed E-state index contributed by atoms with van der Waals surface area (Å²) in [5.41, 5.74) is 5.67. The van der Waals surface area contributed by atoms with Crippen LogP contribution in [0.1, 0.15) is 153 Å². The topological polar surface area (TPSA) is 104 Å². The molecular formula is C38H60N2O4S4Zn. The average molecular weight is 803 g/mol. The SMILES string of the molecule is CCCCCCc1cccc(SSNC(=O)[O-])c1CCCCCC.CCCCCCc1cccc(SSNC(=O)[O-])c1CCCCCC.[Zn+2]. The van der Waals surface area contributed by atoms with Gasteiger partial charge in [0, 0.05) is 31.8 Å². The maximum atomic E-state index is 10.5. The third-order valence-corrected chi connectivity index (χ3v) is 12.0. The normalized spacial score (nSPS) is 10.5. The summed E-state index contributed by atoms with van der Waals surface area (Å²) >= 11 is 0. The molecule has 0 aliphatic heterocycles. The van der Waals surface area contributed by atoms with Crippen LogP contribution in [0.5, 0.6) is 0 Å². The maximum Gasteiger partial charge on any atom is 2.00 e. The molecule has 2 rings (SSSR count). The number of rotatable bonds is 26. The van der Waals surface area contributed by atoms with Crippen LogP contribution in [0.3, 0.4) is 0 Å². The number of carbonyl (C=O) groups excluding carboxylic acids is 2. The number of carboxylic acid groups (broad SMARTS) is 2. The molecule has 0 aliphatic carbocycles. The minimum Gasteiger partial charge on any atom is -0.529 e. The maximum absolute atomic E-state index is 10.5. The van der Waals surface area contributed by atoms with Gasteiger partial charge in [0.2, 0.25) is 0 Å². The third-order valence-electron chi connectivity index (χ3n) is 8.13. The number of hydrogen-bond donors (Lipinski definition) is 2. The Kier molecular flexibility index (Phi) is 32.2. The zero-order valence-corrected chi connectivity index (χ0v) is 36.8. The summed E-state index contributed by atoms with van der Waals surface area (Å²) in [6.45, 7) is 8.92. The Hall–Kier alpha value is -0.997. The van der Waals surface area contributed by atoms with E-state index in [9.17, 15) is 19.8 Å². The van der Waals surface area contributed by atoms with Crippen molar-refractivity contribution in [3.8, 4) is 0 Å². The van der Waals surface area contributed by atoms with Crippen molar-refractivity contribution in [3.05, 3.63) is 58.7 Å². The zero-order chi connectivity index (χ0) is 35.2. The number of unbranched alkanes of at least 4 members (excludes halogenated alkanes) is 12. The number of carbonyl (C=O) groups is 2. The van der Waals surface area contributed by atoms with E-state index in [4.69, 9.17) is 0 Å². The van der Waals surface area contributed by atoms with Crippen LogP contribution in [0.4, 0.5) is 9.59 Å². The van der Waals surface area contributed by atoms with E-state index in [1.54, 1.807) is 0 Å². The van der Waals surface area contributed by atoms with Gasteiger partial charge in [-0.3, -0.25) is 0 Å². The minimum atomic E-state index is -1.24. The summed E-state index contributed by atoms with van der Waals surface area (Å²) in [4.78, 5) is 23.4. The fraction of sp³-hybridized carbons (Fsp3) is 0.632. The van der Waals surface area contributed by atoms with Crippen LogP contribution in [0, 0.1) is 0 Å². The molecule has 2 aromatic rings. The molecule has 2 amide bonds. The van der Waals surface area contributed by atoms with Crippen molar-refractivity contribution in [3.63, 3.8) is 0 Å². The summed E-state index contributed by atoms with van der Waals surface area (Å²) in [7, 11) is 5.20. The number of benzene rings is 2. The smallest absolute Gasteiger partial charge is 0.529 e. The third kappa shape index (κ3) is 24.0. The number of amides is 2. The van der Waals surface area contributed by atoms with Gasteiger partial charge in [0.15, 0.2) is 0 Å². The Morgan fingerprint density at radius 1 is 0.510 bits per heavy atom. The van der Waals surface area contributed by atoms with Crippen molar-refractivity contribution in [2.45, 2.75) is 166 Å². The van der Waals surface area contributed by atoms with Crippen LogP contribution < -0.4 is 19.7 Å². The second-order valence-corrected chi connectivity index (χ2v) is 16.1. The Labute approximate surface area is 326 Å². The zero-order valence-electron chi connectivity index (χ0n) is 30.6. The van der Waals surface area contributed by atoms with Crippen molar-refractivity contribution in [2.75, 3.05) is 0 Å². The van der Waals surface area contributed by atoms with Crippen LogP contribution in [0.25, 0.3) is 0 Å². The van der Waals surface area contributed by atoms with Gasteiger partial charge in [-0.05, 0) is 107 Å². The molecule has 0 saturated carbocycles. The first kappa shape index (κ1) is 48.0. The Bertz CT molecular complexity index is 1060. The number of hydrogen-bond acceptors (Lipinski definition) is 8. The molecule has 0 saturated heterocycles. The Morgan fingerprint density at radius 2 is 0.837 bits per heavy atom. The van der Waals surface area contributed by atoms with Gasteiger partial charge in [-0.15, -0.1) is 0 Å². The van der Waals surface area contributed by atoms with E-state index in [-0.39, 0.29) is 19.5 Å². The van der Waals surface area contributed by atoms with Gasteiger partial charge < -0.3 is 29.2 Å². The summed E-state index contributed by atoms with van der Waals surface area (Å²) in [5, 5.41) is 21.1. The van der Waals surface area contributed by atoms with Crippen molar-refractivity contribution in [1.82, 2.24) is 9.44 Å². The fourth-order valence-electron chi connectivity index (χ4n) is 5.56. The molecule has 11 heteroatoms. The van der Waals surface area contributed by atoms with E-state index in [0.717, 1.165) is 47.6 Å². The predicted molar refractivity (Wildman–Crippen MR) is 208 cm³/mol. The van der Waals surface area contributed by atoms with E-state index < -0.39 is 12.2 Å². The second-order valence-electron chi connectivity index (χ2n) is 12.1. The molecule has 6 nitrogen and oxygen atoms in total. The molecular weight excluding hydrogens is 742 g/mol. The molecule has 0 atom stereocenters. The summed E-state index contributed by atoms with van der Waals surface area (Å²) in [6.07, 6.45) is 22.0. The van der Waals surface area contributed by atoms with Crippen LogP contribution in [-0.2, 0) is 45.2 Å². The molecule has 2 N–H and O–H groups in total. The van der Waals surface area contributed by atoms with Crippen LogP contribution in [0.2, 0.25) is 0 Å². The molecule has 0 fully saturated rings. The Morgan fingerprint density at radius 3 is 1.14 bits per heavy atom. The van der Waals surface area contributed by atoms with E-state index in [0.29, 0.717) is 0 Å². The van der Waals surface area contributed by atoms with Crippen molar-refractivity contribution in [1.29, 1.82) is 0 Å². The minimum absolute atomic E-state index is 0. The van der Waals surface area contributed by atoms with E-state index in [1.807, 2.05) is 0 Å². The van der Waals surface area contributed by atoms with E-state index in [1.165, 1.54) is 156 Å². The molecule has 0 spiro atoms. The van der Waals surface area contributed by atoms with Crippen molar-refractivity contribution < 1.29 is 39.3 Å². The monoisotopic (exact) mass is 800 g/mol. The van der Waals surface area contributed by atoms with Gasteiger partial charge in [-0.1, -0.05) is 129 Å². The van der Waals surface area contributed by atoms with Gasteiger partial charge in [0.05, 0.1) is 0 Å². The quantitative estimate of drug-likeness (QED) is 0.0419. The first-order chi connectivity index (χ1) is 23.4. The summed E-state index contributed by atoms with van der Waals surface area (Å²) < 4.78 is 4.52. The van der Waals surface area contributed by atoms with E-state index in [2.05, 4.69) is 73.5 Å². The van der Waals surface area contributed by atoms with Crippen LogP contribution in [0.15, 0.2) is 46.2 Å². The molecule has 272 valence electrons. The van der Waals surface area contributed by atoms with Crippen molar-refractivity contribution in [2.24, 2.45) is 0 Å². The van der Waals surface area contributed by atoms with Gasteiger partial charge in [-0.25, -0.2) is 0 Å². The number of nitrogens with one attached hydrogen (secondary N) is 2. The largest absolute Gasteiger partial charge is 2.00 e. The first-order valence-electron chi connectivity index (χ1n) is 18.2. The molecule has 0 aliphatic rings. The van der Waals surface area contributed by atoms with Gasteiger partial charge in [-0.2, -0.15) is 0 Å². The van der Waals surface area contributed by atoms with Crippen LogP contribution in [-0.4, -0.2) is 12.2 Å². The molecule has 0 bridgehead atoms. The Balaban J connectivity index is 0.000000922. The summed E-state index contributed by atoms with van der Waals surface area (Å²) in [6, 6.07) is 12.8. The van der Waals surface area contributed by atoms with Crippen molar-refractivity contribution >= 4 is 55.7 Å². The fourth-order valence-corrected chi connectivity index (χ4v) is 9.02. The van der Waals surface area contributed by atoms with E-state index >= 15 is 0 Å². The molecule has 0 heterocycles. The molecule has 0 radical (unpaired) electrons. The molecule has 0 aromatic heterocycles. The molecule has 0 unspecified atom stereocenters. The standard InChI is InChI=1S/2C19H31NO2S2.Zn/c2*1-3-5-7-9-12-16-13-11-15-18(23-24-20-19(21)22)17(16)14-10-8-6-4-2;/h2*11,13,15,20H,3-10,12,14H2,1-2H3,(H,21,22);/q;;+2/p-2. The van der Waals surface area contributed by atoms with Crippen LogP contribution >= 0.6 is 43.5 Å². The average Bonchev–Trinajstić information content (AvgIpc) is 3.07. The first-order valence-corrected chi connectivity index (χ1v) is 22.5.